The molecule has 0 heterocycles. The van der Waals surface area contributed by atoms with Crippen LogP contribution in [0.4, 0.5) is 19.7 Å². The molecule has 0 aliphatic carbocycles. The highest BCUT2D eigenvalue weighted by Gasteiger charge is 2.27. The number of carboxylic acid groups (broad SMARTS) is 1. The van der Waals surface area contributed by atoms with Gasteiger partial charge in [-0.2, -0.15) is 0 Å². The van der Waals surface area contributed by atoms with Crippen LogP contribution in [0.3, 0.4) is 0 Å². The van der Waals surface area contributed by atoms with Crippen molar-refractivity contribution in [3.8, 4) is 0 Å². The number of halogens is 1. The van der Waals surface area contributed by atoms with Crippen molar-refractivity contribution in [1.82, 2.24) is 5.32 Å². The molecule has 1 unspecified atom stereocenters. The lowest BCUT2D eigenvalue weighted by atomic mass is 10.0. The van der Waals surface area contributed by atoms with E-state index >= 15 is 0 Å². The van der Waals surface area contributed by atoms with E-state index in [1.807, 2.05) is 0 Å². The van der Waals surface area contributed by atoms with E-state index in [2.05, 4.69) is 10.6 Å². The molecule has 1 aromatic carbocycles. The summed E-state index contributed by atoms with van der Waals surface area (Å²) in [4.78, 5) is 22.3. The normalized spacial score (nSPS) is 13.8. The largest absolute Gasteiger partial charge is 0.465 e. The molecule has 0 saturated heterocycles. The maximum Gasteiger partial charge on any atom is 0.409 e. The number of alkyl carbamates (subject to hydrolysis) is 1. The van der Waals surface area contributed by atoms with Gasteiger partial charge in [-0.25, -0.2) is 14.0 Å². The van der Waals surface area contributed by atoms with Crippen molar-refractivity contribution in [3.63, 3.8) is 0 Å². The number of nitrogens with one attached hydrogen (secondary N) is 2. The number of carbonyl (C=O) groups is 2. The first-order chi connectivity index (χ1) is 10.4. The molecule has 0 aliphatic heterocycles. The number of anilines is 1. The van der Waals surface area contributed by atoms with Gasteiger partial charge in [-0.05, 0) is 51.5 Å². The summed E-state index contributed by atoms with van der Waals surface area (Å²) < 4.78 is 18.8. The monoisotopic (exact) mass is 328 g/mol. The zero-order valence-electron chi connectivity index (χ0n) is 13.4. The van der Waals surface area contributed by atoms with Gasteiger partial charge >= 0.3 is 12.2 Å². The highest BCUT2D eigenvalue weighted by Crippen LogP contribution is 2.20. The van der Waals surface area contributed by atoms with Gasteiger partial charge in [0, 0.05) is 12.1 Å². The van der Waals surface area contributed by atoms with Crippen molar-refractivity contribution >= 4 is 17.9 Å². The molecule has 0 radical (unpaired) electrons. The van der Waals surface area contributed by atoms with Crippen LogP contribution in [0.5, 0.6) is 0 Å². The average molecular weight is 328 g/mol. The van der Waals surface area contributed by atoms with Gasteiger partial charge in [-0.1, -0.05) is 0 Å². The Hall–Kier alpha value is -2.35. The van der Waals surface area contributed by atoms with Crippen LogP contribution in [0, 0.1) is 5.82 Å². The molecule has 0 saturated carbocycles. The van der Waals surface area contributed by atoms with Crippen LogP contribution in [0.25, 0.3) is 0 Å². The molecule has 1 atom stereocenters. The molecular weight excluding hydrogens is 307 g/mol. The first-order valence-electron chi connectivity index (χ1n) is 6.90. The number of carbonyl (C=O) groups excluding carboxylic acids is 1. The molecule has 0 spiro atoms. The van der Waals surface area contributed by atoms with E-state index < -0.39 is 29.3 Å². The number of ether oxygens (including phenoxy) is 1. The van der Waals surface area contributed by atoms with Crippen LogP contribution in [0.2, 0.25) is 0 Å². The third-order valence-corrected chi connectivity index (χ3v) is 2.60. The van der Waals surface area contributed by atoms with Gasteiger partial charge < -0.3 is 14.9 Å². The highest BCUT2D eigenvalue weighted by molar-refractivity contribution is 5.82. The van der Waals surface area contributed by atoms with E-state index in [4.69, 9.17) is 9.84 Å². The van der Waals surface area contributed by atoms with Gasteiger partial charge in [0.2, 0.25) is 0 Å². The summed E-state index contributed by atoms with van der Waals surface area (Å²) in [6.45, 7) is 6.29. The summed E-state index contributed by atoms with van der Waals surface area (Å²) in [7, 11) is 0. The fourth-order valence-electron chi connectivity index (χ4n) is 1.85. The summed E-state index contributed by atoms with van der Waals surface area (Å²) in [6.07, 6.45) is -2.41. The quantitative estimate of drug-likeness (QED) is 0.636. The minimum atomic E-state index is -1.77. The SMILES string of the molecule is CC(O)(Cc1cc(NC(=O)O)ccc1F)NC(=O)OC(C)(C)C. The number of aliphatic hydroxyl groups is 1. The molecule has 8 heteroatoms. The Morgan fingerprint density at radius 1 is 1.26 bits per heavy atom. The topological polar surface area (TPSA) is 108 Å². The first-order valence-corrected chi connectivity index (χ1v) is 6.90. The Bertz CT molecular complexity index is 596. The van der Waals surface area contributed by atoms with Crippen LogP contribution in [0.1, 0.15) is 33.3 Å². The third-order valence-electron chi connectivity index (χ3n) is 2.60. The second kappa shape index (κ2) is 6.82. The fraction of sp³-hybridized carbons (Fsp3) is 0.467. The van der Waals surface area contributed by atoms with E-state index in [0.717, 1.165) is 6.07 Å². The zero-order chi connectivity index (χ0) is 17.8. The zero-order valence-corrected chi connectivity index (χ0v) is 13.4. The molecule has 2 amide bonds. The average Bonchev–Trinajstić information content (AvgIpc) is 2.28. The Morgan fingerprint density at radius 3 is 2.39 bits per heavy atom. The molecule has 0 aromatic heterocycles. The van der Waals surface area contributed by atoms with Gasteiger partial charge in [0.05, 0.1) is 0 Å². The summed E-state index contributed by atoms with van der Waals surface area (Å²) in [6, 6.07) is 3.57. The minimum Gasteiger partial charge on any atom is -0.465 e. The van der Waals surface area contributed by atoms with Crippen molar-refractivity contribution < 1.29 is 28.9 Å². The molecule has 0 aliphatic rings. The van der Waals surface area contributed by atoms with Gasteiger partial charge in [0.15, 0.2) is 0 Å². The second-order valence-corrected chi connectivity index (χ2v) is 6.31. The van der Waals surface area contributed by atoms with Crippen molar-refractivity contribution in [2.24, 2.45) is 0 Å². The van der Waals surface area contributed by atoms with Crippen LogP contribution in [0.15, 0.2) is 18.2 Å². The van der Waals surface area contributed by atoms with Gasteiger partial charge in [-0.3, -0.25) is 10.6 Å². The molecule has 1 rings (SSSR count). The lowest BCUT2D eigenvalue weighted by Gasteiger charge is -2.27. The molecule has 4 N–H and O–H groups in total. The van der Waals surface area contributed by atoms with E-state index in [-0.39, 0.29) is 17.7 Å². The summed E-state index contributed by atoms with van der Waals surface area (Å²) in [5.74, 6) is -0.632. The number of amides is 2. The van der Waals surface area contributed by atoms with Crippen LogP contribution in [-0.2, 0) is 11.2 Å². The molecule has 0 fully saturated rings. The maximum atomic E-state index is 13.8. The summed E-state index contributed by atoms with van der Waals surface area (Å²) in [5, 5.41) is 23.2. The summed E-state index contributed by atoms with van der Waals surface area (Å²) in [5.41, 5.74) is -2.32. The Morgan fingerprint density at radius 2 is 1.87 bits per heavy atom. The number of hydrogen-bond acceptors (Lipinski definition) is 4. The highest BCUT2D eigenvalue weighted by atomic mass is 19.1. The first kappa shape index (κ1) is 18.7. The Kier molecular flexibility index (Phi) is 5.55. The standard InChI is InChI=1S/C15H21FN2O5/c1-14(2,3)23-13(21)18-15(4,22)8-9-7-10(17-12(19)20)5-6-11(9)16/h5-7,17,22H,8H2,1-4H3,(H,18,21)(H,19,20). The Labute approximate surface area is 133 Å². The molecule has 0 bridgehead atoms. The van der Waals surface area contributed by atoms with Crippen LogP contribution >= 0.6 is 0 Å². The predicted molar refractivity (Wildman–Crippen MR) is 81.7 cm³/mol. The third kappa shape index (κ3) is 6.96. The lowest BCUT2D eigenvalue weighted by Crippen LogP contribution is -2.49. The minimum absolute atomic E-state index is 0.0392. The van der Waals surface area contributed by atoms with Gasteiger partial charge in [0.1, 0.15) is 17.1 Å². The molecule has 128 valence electrons. The molecule has 7 nitrogen and oxygen atoms in total. The van der Waals surface area contributed by atoms with E-state index in [1.54, 1.807) is 20.8 Å². The van der Waals surface area contributed by atoms with Crippen LogP contribution in [-0.4, -0.2) is 33.7 Å². The second-order valence-electron chi connectivity index (χ2n) is 6.31. The predicted octanol–water partition coefficient (Wildman–Crippen LogP) is 2.69. The van der Waals surface area contributed by atoms with E-state index in [9.17, 15) is 19.1 Å². The number of benzene rings is 1. The van der Waals surface area contributed by atoms with Crippen molar-refractivity contribution in [2.75, 3.05) is 5.32 Å². The molecule has 23 heavy (non-hydrogen) atoms. The molecular formula is C15H21FN2O5. The van der Waals surface area contributed by atoms with Gasteiger partial charge in [-0.15, -0.1) is 0 Å². The van der Waals surface area contributed by atoms with Crippen molar-refractivity contribution in [3.05, 3.63) is 29.6 Å². The number of rotatable bonds is 4. The summed E-state index contributed by atoms with van der Waals surface area (Å²) >= 11 is 0. The Balaban J connectivity index is 2.84. The lowest BCUT2D eigenvalue weighted by molar-refractivity contribution is -0.00251. The number of hydrogen-bond donors (Lipinski definition) is 4. The van der Waals surface area contributed by atoms with Crippen molar-refractivity contribution in [2.45, 2.75) is 45.4 Å². The smallest absolute Gasteiger partial charge is 0.409 e. The fourth-order valence-corrected chi connectivity index (χ4v) is 1.85. The van der Waals surface area contributed by atoms with Crippen LogP contribution < -0.4 is 10.6 Å². The maximum absolute atomic E-state index is 13.8. The van der Waals surface area contributed by atoms with E-state index in [1.165, 1.54) is 19.1 Å². The van der Waals surface area contributed by atoms with Gasteiger partial charge in [0.25, 0.3) is 0 Å². The van der Waals surface area contributed by atoms with Crippen molar-refractivity contribution in [1.29, 1.82) is 0 Å². The molecule has 1 aromatic rings. The van der Waals surface area contributed by atoms with E-state index in [0.29, 0.717) is 0 Å².